The molecule has 0 aromatic rings. The molecule has 0 heterocycles. The number of hydrogen-bond donors (Lipinski definition) is 0. The van der Waals surface area contributed by atoms with E-state index in [1.54, 1.807) is 13.8 Å². The summed E-state index contributed by atoms with van der Waals surface area (Å²) in [5.41, 5.74) is 0. The van der Waals surface area contributed by atoms with Gasteiger partial charge < -0.3 is 0 Å². The van der Waals surface area contributed by atoms with E-state index in [-0.39, 0.29) is 5.92 Å². The highest BCUT2D eigenvalue weighted by molar-refractivity contribution is 4.68. The SMILES string of the molecule is CCCC(F)C(C)C[C@@H](F)CC. The average Bonchev–Trinajstić information content (AvgIpc) is 2.04. The first-order chi connectivity index (χ1) is 5.61. The lowest BCUT2D eigenvalue weighted by atomic mass is 9.95. The van der Waals surface area contributed by atoms with E-state index in [2.05, 4.69) is 0 Å². The summed E-state index contributed by atoms with van der Waals surface area (Å²) in [5, 5.41) is 0. The van der Waals surface area contributed by atoms with E-state index in [0.717, 1.165) is 6.42 Å². The first-order valence-corrected chi connectivity index (χ1v) is 4.89. The molecule has 0 rings (SSSR count). The summed E-state index contributed by atoms with van der Waals surface area (Å²) in [4.78, 5) is 0. The van der Waals surface area contributed by atoms with Gasteiger partial charge in [-0.1, -0.05) is 27.2 Å². The third-order valence-corrected chi connectivity index (χ3v) is 2.25. The molecule has 0 N–H and O–H groups in total. The van der Waals surface area contributed by atoms with Crippen molar-refractivity contribution in [2.24, 2.45) is 5.92 Å². The molecule has 74 valence electrons. The van der Waals surface area contributed by atoms with Crippen LogP contribution in [0.25, 0.3) is 0 Å². The highest BCUT2D eigenvalue weighted by Crippen LogP contribution is 2.20. The Balaban J connectivity index is 3.62. The normalized spacial score (nSPS) is 18.8. The minimum absolute atomic E-state index is 0.125. The van der Waals surface area contributed by atoms with Crippen LogP contribution in [0, 0.1) is 5.92 Å². The molecule has 0 aromatic heterocycles. The molecule has 0 bridgehead atoms. The maximum Gasteiger partial charge on any atom is 0.103 e. The topological polar surface area (TPSA) is 0 Å². The van der Waals surface area contributed by atoms with Crippen LogP contribution < -0.4 is 0 Å². The first-order valence-electron chi connectivity index (χ1n) is 4.89. The molecule has 12 heavy (non-hydrogen) atoms. The molecule has 0 spiro atoms. The number of halogens is 2. The molecule has 0 nitrogen and oxygen atoms in total. The summed E-state index contributed by atoms with van der Waals surface area (Å²) in [6.45, 7) is 5.54. The van der Waals surface area contributed by atoms with Crippen molar-refractivity contribution in [3.05, 3.63) is 0 Å². The molecule has 0 aliphatic rings. The van der Waals surface area contributed by atoms with Crippen molar-refractivity contribution < 1.29 is 8.78 Å². The molecule has 0 aliphatic heterocycles. The minimum atomic E-state index is -0.824. The Labute approximate surface area is 74.4 Å². The van der Waals surface area contributed by atoms with E-state index in [1.807, 2.05) is 6.92 Å². The van der Waals surface area contributed by atoms with Crippen LogP contribution in [0.2, 0.25) is 0 Å². The Hall–Kier alpha value is -0.140. The van der Waals surface area contributed by atoms with Crippen molar-refractivity contribution in [3.8, 4) is 0 Å². The minimum Gasteiger partial charge on any atom is -0.247 e. The van der Waals surface area contributed by atoms with Gasteiger partial charge in [-0.2, -0.15) is 0 Å². The Kier molecular flexibility index (Phi) is 6.31. The summed E-state index contributed by atoms with van der Waals surface area (Å²) in [7, 11) is 0. The number of hydrogen-bond acceptors (Lipinski definition) is 0. The van der Waals surface area contributed by atoms with Crippen molar-refractivity contribution >= 4 is 0 Å². The van der Waals surface area contributed by atoms with Crippen LogP contribution >= 0.6 is 0 Å². The van der Waals surface area contributed by atoms with Gasteiger partial charge in [-0.25, -0.2) is 8.78 Å². The number of alkyl halides is 2. The summed E-state index contributed by atoms with van der Waals surface area (Å²) in [6, 6.07) is 0. The van der Waals surface area contributed by atoms with E-state index >= 15 is 0 Å². The van der Waals surface area contributed by atoms with Gasteiger partial charge in [-0.05, 0) is 25.2 Å². The van der Waals surface area contributed by atoms with Crippen molar-refractivity contribution in [1.29, 1.82) is 0 Å². The third-order valence-electron chi connectivity index (χ3n) is 2.25. The van der Waals surface area contributed by atoms with Crippen molar-refractivity contribution in [1.82, 2.24) is 0 Å². The second kappa shape index (κ2) is 6.38. The fourth-order valence-corrected chi connectivity index (χ4v) is 1.28. The summed E-state index contributed by atoms with van der Waals surface area (Å²) < 4.78 is 25.9. The lowest BCUT2D eigenvalue weighted by molar-refractivity contribution is 0.172. The van der Waals surface area contributed by atoms with Crippen molar-refractivity contribution in [2.45, 2.75) is 58.8 Å². The maximum absolute atomic E-state index is 13.1. The smallest absolute Gasteiger partial charge is 0.103 e. The van der Waals surface area contributed by atoms with Gasteiger partial charge in [0.2, 0.25) is 0 Å². The molecule has 0 amide bonds. The Morgan fingerprint density at radius 1 is 1.17 bits per heavy atom. The molecule has 2 unspecified atom stereocenters. The van der Waals surface area contributed by atoms with E-state index in [1.165, 1.54) is 0 Å². The van der Waals surface area contributed by atoms with Crippen LogP contribution in [0.15, 0.2) is 0 Å². The fourth-order valence-electron chi connectivity index (χ4n) is 1.28. The zero-order valence-electron chi connectivity index (χ0n) is 8.32. The van der Waals surface area contributed by atoms with Gasteiger partial charge in [0.15, 0.2) is 0 Å². The Bertz CT molecular complexity index is 104. The van der Waals surface area contributed by atoms with Gasteiger partial charge in [0.1, 0.15) is 12.3 Å². The summed E-state index contributed by atoms with van der Waals surface area (Å²) >= 11 is 0. The second-order valence-corrected chi connectivity index (χ2v) is 3.52. The van der Waals surface area contributed by atoms with E-state index in [4.69, 9.17) is 0 Å². The predicted octanol–water partition coefficient (Wildman–Crippen LogP) is 3.90. The van der Waals surface area contributed by atoms with Gasteiger partial charge in [0.05, 0.1) is 0 Å². The first kappa shape index (κ1) is 11.9. The van der Waals surface area contributed by atoms with Crippen molar-refractivity contribution in [2.75, 3.05) is 0 Å². The molecule has 0 aromatic carbocycles. The molecular formula is C10H20F2. The standard InChI is InChI=1S/C10H20F2/c1-4-6-10(12)8(3)7-9(11)5-2/h8-10H,4-7H2,1-3H3/t8?,9-,10?/m0/s1. The highest BCUT2D eigenvalue weighted by Gasteiger charge is 2.18. The largest absolute Gasteiger partial charge is 0.247 e. The molecule has 0 aliphatic carbocycles. The molecule has 2 heteroatoms. The monoisotopic (exact) mass is 178 g/mol. The second-order valence-electron chi connectivity index (χ2n) is 3.52. The maximum atomic E-state index is 13.1. The lowest BCUT2D eigenvalue weighted by Gasteiger charge is -2.17. The van der Waals surface area contributed by atoms with Crippen LogP contribution in [0.4, 0.5) is 8.78 Å². The van der Waals surface area contributed by atoms with E-state index in [9.17, 15) is 8.78 Å². The molecule has 0 saturated heterocycles. The molecule has 3 atom stereocenters. The Morgan fingerprint density at radius 3 is 2.17 bits per heavy atom. The zero-order valence-corrected chi connectivity index (χ0v) is 8.32. The van der Waals surface area contributed by atoms with E-state index in [0.29, 0.717) is 19.3 Å². The Morgan fingerprint density at radius 2 is 1.75 bits per heavy atom. The lowest BCUT2D eigenvalue weighted by Crippen LogP contribution is -2.16. The third kappa shape index (κ3) is 4.68. The summed E-state index contributed by atoms with van der Waals surface area (Å²) in [6.07, 6.45) is 0.641. The fraction of sp³-hybridized carbons (Fsp3) is 1.00. The molecule has 0 fully saturated rings. The van der Waals surface area contributed by atoms with Gasteiger partial charge >= 0.3 is 0 Å². The highest BCUT2D eigenvalue weighted by atomic mass is 19.1. The van der Waals surface area contributed by atoms with Crippen LogP contribution in [0.1, 0.15) is 46.5 Å². The molecule has 0 saturated carbocycles. The van der Waals surface area contributed by atoms with Crippen molar-refractivity contribution in [3.63, 3.8) is 0 Å². The van der Waals surface area contributed by atoms with Gasteiger partial charge in [-0.15, -0.1) is 0 Å². The van der Waals surface area contributed by atoms with Gasteiger partial charge in [0, 0.05) is 0 Å². The quantitative estimate of drug-likeness (QED) is 0.578. The van der Waals surface area contributed by atoms with Gasteiger partial charge in [-0.3, -0.25) is 0 Å². The zero-order chi connectivity index (χ0) is 9.56. The van der Waals surface area contributed by atoms with Crippen LogP contribution in [-0.4, -0.2) is 12.3 Å². The summed E-state index contributed by atoms with van der Waals surface area (Å²) in [5.74, 6) is -0.125. The average molecular weight is 178 g/mol. The van der Waals surface area contributed by atoms with Gasteiger partial charge in [0.25, 0.3) is 0 Å². The predicted molar refractivity (Wildman–Crippen MR) is 48.8 cm³/mol. The molecule has 0 radical (unpaired) electrons. The molecular weight excluding hydrogens is 158 g/mol. The van der Waals surface area contributed by atoms with Crippen LogP contribution in [0.5, 0.6) is 0 Å². The van der Waals surface area contributed by atoms with Crippen LogP contribution in [0.3, 0.4) is 0 Å². The number of rotatable bonds is 6. The van der Waals surface area contributed by atoms with E-state index < -0.39 is 12.3 Å². The van der Waals surface area contributed by atoms with Crippen LogP contribution in [-0.2, 0) is 0 Å².